The van der Waals surface area contributed by atoms with Crippen molar-refractivity contribution in [1.82, 2.24) is 0 Å². The van der Waals surface area contributed by atoms with E-state index >= 15 is 0 Å². The minimum Gasteiger partial charge on any atom is -0.502 e. The van der Waals surface area contributed by atoms with E-state index in [1.54, 1.807) is 0 Å². The van der Waals surface area contributed by atoms with E-state index in [2.05, 4.69) is 17.4 Å². The molecule has 0 heterocycles. The summed E-state index contributed by atoms with van der Waals surface area (Å²) in [4.78, 5) is 24.0. The molecule has 0 aliphatic rings. The summed E-state index contributed by atoms with van der Waals surface area (Å²) in [7, 11) is 0. The number of rotatable bonds is 1. The Morgan fingerprint density at radius 2 is 1.72 bits per heavy atom. The number of benzene rings is 1. The van der Waals surface area contributed by atoms with Crippen LogP contribution < -0.4 is 16.6 Å². The van der Waals surface area contributed by atoms with E-state index in [4.69, 9.17) is 10.8 Å². The van der Waals surface area contributed by atoms with Crippen molar-refractivity contribution in [2.75, 3.05) is 5.73 Å². The Hall–Kier alpha value is -2.07. The molecule has 0 aliphatic carbocycles. The van der Waals surface area contributed by atoms with E-state index < -0.39 is 16.6 Å². The molecule has 5 nitrogen and oxygen atoms in total. The number of aliphatic imine (C=N–C) groups is 1. The summed E-state index contributed by atoms with van der Waals surface area (Å²) < 4.78 is 0. The number of nitrogen functional groups attached to an aromatic ring is 1. The smallest absolute Gasteiger partial charge is 0.271 e. The second kappa shape index (κ2) is 7.30. The molecular weight excluding hydrogens is 271 g/mol. The van der Waals surface area contributed by atoms with E-state index in [-0.39, 0.29) is 24.2 Å². The average molecular weight is 281 g/mol. The molecular formula is C12H10N2O3V. The van der Waals surface area contributed by atoms with Crippen molar-refractivity contribution < 1.29 is 23.7 Å². The summed E-state index contributed by atoms with van der Waals surface area (Å²) in [5, 5.41) is 8.34. The van der Waals surface area contributed by atoms with Crippen LogP contribution in [0, 0.1) is 0 Å². The standard InChI is InChI=1S/C8H7N.C4H3NO3.V/c1-2-9-8-6-4-3-5-7-8;5-1-2(6)4(8)3(1)7;/h3-7H,1H2;6H,5H2;. The molecule has 18 heavy (non-hydrogen) atoms. The molecule has 1 radical (unpaired) electrons. The Kier molecular flexibility index (Phi) is 6.46. The van der Waals surface area contributed by atoms with Crippen LogP contribution in [-0.2, 0) is 18.6 Å². The molecule has 0 amide bonds. The van der Waals surface area contributed by atoms with E-state index in [9.17, 15) is 9.59 Å². The van der Waals surface area contributed by atoms with Crippen molar-refractivity contribution in [2.24, 2.45) is 4.99 Å². The van der Waals surface area contributed by atoms with Gasteiger partial charge < -0.3 is 10.8 Å². The molecule has 3 N–H and O–H groups in total. The largest absolute Gasteiger partial charge is 0.502 e. The van der Waals surface area contributed by atoms with Crippen LogP contribution in [0.25, 0.3) is 0 Å². The topological polar surface area (TPSA) is 92.8 Å². The first-order valence-corrected chi connectivity index (χ1v) is 4.63. The second-order valence-corrected chi connectivity index (χ2v) is 3.03. The molecule has 0 aromatic heterocycles. The molecule has 0 unspecified atom stereocenters. The quantitative estimate of drug-likeness (QED) is 0.595. The van der Waals surface area contributed by atoms with E-state index in [1.165, 1.54) is 0 Å². The van der Waals surface area contributed by atoms with Gasteiger partial charge >= 0.3 is 0 Å². The summed E-state index contributed by atoms with van der Waals surface area (Å²) in [6.45, 7) is 3.36. The van der Waals surface area contributed by atoms with Crippen LogP contribution in [0.15, 0.2) is 51.5 Å². The number of aromatic hydroxyl groups is 1. The van der Waals surface area contributed by atoms with Gasteiger partial charge in [0, 0.05) is 18.6 Å². The first kappa shape index (κ1) is 15.9. The van der Waals surface area contributed by atoms with Crippen molar-refractivity contribution >= 4 is 17.2 Å². The fourth-order valence-corrected chi connectivity index (χ4v) is 0.991. The zero-order valence-corrected chi connectivity index (χ0v) is 10.7. The van der Waals surface area contributed by atoms with Crippen molar-refractivity contribution in [3.05, 3.63) is 57.4 Å². The molecule has 0 aliphatic heterocycles. The van der Waals surface area contributed by atoms with Crippen LogP contribution >= 0.6 is 0 Å². The molecule has 0 bridgehead atoms. The Morgan fingerprint density at radius 3 is 2.06 bits per heavy atom. The van der Waals surface area contributed by atoms with Gasteiger partial charge in [-0.05, 0) is 24.6 Å². The minimum absolute atomic E-state index is 0. The molecule has 0 spiro atoms. The monoisotopic (exact) mass is 281 g/mol. The van der Waals surface area contributed by atoms with E-state index in [0.29, 0.717) is 0 Å². The van der Waals surface area contributed by atoms with Crippen LogP contribution in [0.1, 0.15) is 0 Å². The van der Waals surface area contributed by atoms with Gasteiger partial charge in [-0.25, -0.2) is 4.99 Å². The Morgan fingerprint density at radius 1 is 1.17 bits per heavy atom. The first-order valence-electron chi connectivity index (χ1n) is 4.63. The van der Waals surface area contributed by atoms with Gasteiger partial charge in [-0.2, -0.15) is 0 Å². The van der Waals surface area contributed by atoms with Gasteiger partial charge in [0.15, 0.2) is 5.75 Å². The average Bonchev–Trinajstić information content (AvgIpc) is 2.39. The third kappa shape index (κ3) is 3.75. The molecule has 0 fully saturated rings. The molecule has 0 atom stereocenters. The van der Waals surface area contributed by atoms with E-state index in [1.807, 2.05) is 30.3 Å². The van der Waals surface area contributed by atoms with Gasteiger partial charge in [-0.15, -0.1) is 0 Å². The number of anilines is 1. The van der Waals surface area contributed by atoms with E-state index in [0.717, 1.165) is 5.69 Å². The maximum absolute atomic E-state index is 10.1. The van der Waals surface area contributed by atoms with Crippen LogP contribution in [-0.4, -0.2) is 11.0 Å². The SMILES string of the molecule is C=C=Nc1ccccc1.Nc1c(O)c(=O)c1=O.[V]. The Balaban J connectivity index is 0.000000306. The van der Waals surface area contributed by atoms with Crippen LogP contribution in [0.2, 0.25) is 0 Å². The number of nitrogens with two attached hydrogens (primary N) is 1. The number of hydrogen-bond acceptors (Lipinski definition) is 5. The first-order chi connectivity index (χ1) is 8.07. The third-order valence-electron chi connectivity index (χ3n) is 1.89. The third-order valence-corrected chi connectivity index (χ3v) is 1.89. The fraction of sp³-hybridized carbons (Fsp3) is 0. The summed E-state index contributed by atoms with van der Waals surface area (Å²) >= 11 is 0. The Bertz CT molecular complexity index is 595. The van der Waals surface area contributed by atoms with Crippen LogP contribution in [0.4, 0.5) is 11.4 Å². The molecule has 2 aromatic rings. The van der Waals surface area contributed by atoms with Crippen molar-refractivity contribution in [2.45, 2.75) is 0 Å². The molecule has 0 saturated carbocycles. The van der Waals surface area contributed by atoms with Crippen molar-refractivity contribution in [1.29, 1.82) is 0 Å². The number of hydrogen-bond donors (Lipinski definition) is 2. The number of para-hydroxylation sites is 1. The molecule has 2 rings (SSSR count). The van der Waals surface area contributed by atoms with Crippen molar-refractivity contribution in [3.63, 3.8) is 0 Å². The maximum atomic E-state index is 10.1. The van der Waals surface area contributed by atoms with Gasteiger partial charge in [0.05, 0.1) is 5.69 Å². The Labute approximate surface area is 115 Å². The zero-order valence-electron chi connectivity index (χ0n) is 9.33. The van der Waals surface area contributed by atoms with Crippen molar-refractivity contribution in [3.8, 4) is 5.75 Å². The van der Waals surface area contributed by atoms with Crippen LogP contribution in [0.5, 0.6) is 5.75 Å². The maximum Gasteiger partial charge on any atom is 0.271 e. The molecule has 2 aromatic carbocycles. The second-order valence-electron chi connectivity index (χ2n) is 3.03. The normalized spacial score (nSPS) is 8.44. The van der Waals surface area contributed by atoms with Gasteiger partial charge in [0.25, 0.3) is 10.9 Å². The predicted molar refractivity (Wildman–Crippen MR) is 66.6 cm³/mol. The fourth-order valence-electron chi connectivity index (χ4n) is 0.991. The van der Waals surface area contributed by atoms with Gasteiger partial charge in [0.1, 0.15) is 5.69 Å². The predicted octanol–water partition coefficient (Wildman–Crippen LogP) is 0.742. The summed E-state index contributed by atoms with van der Waals surface area (Å²) in [5.74, 6) is 1.86. The van der Waals surface area contributed by atoms with Crippen LogP contribution in [0.3, 0.4) is 0 Å². The van der Waals surface area contributed by atoms with Gasteiger partial charge in [-0.1, -0.05) is 18.2 Å². The zero-order chi connectivity index (χ0) is 12.8. The molecule has 6 heteroatoms. The minimum atomic E-state index is -0.887. The number of nitrogens with zero attached hydrogens (tertiary/aromatic N) is 1. The van der Waals surface area contributed by atoms with Gasteiger partial charge in [-0.3, -0.25) is 9.59 Å². The molecule has 0 saturated heterocycles. The summed E-state index contributed by atoms with van der Waals surface area (Å²) in [6.07, 6.45) is 0. The molecule has 91 valence electrons. The summed E-state index contributed by atoms with van der Waals surface area (Å²) in [5.41, 5.74) is 3.71. The summed E-state index contributed by atoms with van der Waals surface area (Å²) in [6, 6.07) is 9.60. The van der Waals surface area contributed by atoms with Gasteiger partial charge in [0.2, 0.25) is 0 Å².